The van der Waals surface area contributed by atoms with E-state index < -0.39 is 53.8 Å². The van der Waals surface area contributed by atoms with Crippen LogP contribution >= 0.6 is 35.3 Å². The molecule has 0 saturated carbocycles. The number of thioether (sulfide) groups is 1. The number of benzene rings is 1. The maximum atomic E-state index is 13.6. The molecule has 2 saturated heterocycles. The van der Waals surface area contributed by atoms with Gasteiger partial charge >= 0.3 is 12.1 Å². The molecule has 2 aromatic rings. The molecule has 3 unspecified atom stereocenters. The van der Waals surface area contributed by atoms with Gasteiger partial charge in [-0.3, -0.25) is 19.3 Å². The number of fused-ring (bicyclic) bond motifs is 1. The minimum atomic E-state index is -1.73. The van der Waals surface area contributed by atoms with Crippen LogP contribution in [0.2, 0.25) is 0 Å². The predicted molar refractivity (Wildman–Crippen MR) is 169 cm³/mol. The molecule has 0 radical (unpaired) electrons. The molecule has 3 aliphatic rings. The first-order valence-corrected chi connectivity index (χ1v) is 16.7. The van der Waals surface area contributed by atoms with E-state index in [1.165, 1.54) is 36.1 Å². The number of thiocarbonyl (C=S) groups is 1. The predicted octanol–water partition coefficient (Wildman–Crippen LogP) is 1.95. The Labute approximate surface area is 277 Å². The number of aliphatic hydroxyl groups excluding tert-OH is 1. The molecule has 3 N–H and O–H groups in total. The largest absolute Gasteiger partial charge is 0.511 e. The van der Waals surface area contributed by atoms with E-state index in [9.17, 15) is 29.1 Å². The third-order valence-electron chi connectivity index (χ3n) is 7.40. The third-order valence-corrected chi connectivity index (χ3v) is 10.1. The number of rotatable bonds is 11. The lowest BCUT2D eigenvalue weighted by Crippen LogP contribution is -2.71. The van der Waals surface area contributed by atoms with Crippen molar-refractivity contribution in [2.24, 2.45) is 0 Å². The van der Waals surface area contributed by atoms with Crippen LogP contribution in [0.15, 0.2) is 35.5 Å². The summed E-state index contributed by atoms with van der Waals surface area (Å²) in [5, 5.41) is 25.0. The summed E-state index contributed by atoms with van der Waals surface area (Å²) in [6.07, 6.45) is -2.65. The van der Waals surface area contributed by atoms with E-state index in [4.69, 9.17) is 26.4 Å². The average Bonchev–Trinajstić information content (AvgIpc) is 3.74. The Morgan fingerprint density at radius 1 is 1.22 bits per heavy atom. The van der Waals surface area contributed by atoms with E-state index >= 15 is 0 Å². The second-order valence-electron chi connectivity index (χ2n) is 10.5. The molecule has 3 aliphatic heterocycles. The summed E-state index contributed by atoms with van der Waals surface area (Å²) in [5.74, 6) is -2.61. The Morgan fingerprint density at radius 3 is 2.65 bits per heavy atom. The van der Waals surface area contributed by atoms with Crippen LogP contribution in [0.5, 0.6) is 0 Å². The summed E-state index contributed by atoms with van der Waals surface area (Å²) in [5.41, 5.74) is 0.442. The lowest BCUT2D eigenvalue weighted by Gasteiger charge is -2.49. The average molecular weight is 690 g/mol. The van der Waals surface area contributed by atoms with Crippen LogP contribution in [0.4, 0.5) is 4.79 Å². The molecule has 1 aromatic heterocycles. The Hall–Kier alpha value is -3.77. The zero-order chi connectivity index (χ0) is 33.1. The van der Waals surface area contributed by atoms with Gasteiger partial charge in [0.1, 0.15) is 22.1 Å². The number of aromatic nitrogens is 2. The van der Waals surface area contributed by atoms with Gasteiger partial charge in [0.2, 0.25) is 6.29 Å². The van der Waals surface area contributed by atoms with Crippen molar-refractivity contribution in [3.05, 3.63) is 56.7 Å². The third kappa shape index (κ3) is 6.83. The standard InChI is InChI=1S/C29H31N5O9S3/c1-4-41-29(40)43-14(3)42-28(39)20-17(23(44)25-33-32-13(2)46-25)12-45-27-19(26(38)34(20)27)31-24(37)22(36)16-9-6-5-8-15(16)21(35)18-10-7-11-30-18/h5-6,8-9,14,18-19,22,27,30,36H,4,7,10-12H2,1-3H3,(H,31,37)/t14?,18-,19?,22?,27-/m0/s1. The first-order chi connectivity index (χ1) is 22.0. The molecule has 0 spiro atoms. The quantitative estimate of drug-likeness (QED) is 0.102. The molecule has 5 rings (SSSR count). The van der Waals surface area contributed by atoms with Gasteiger partial charge in [0, 0.05) is 29.4 Å². The number of nitrogens with zero attached hydrogens (tertiary/aromatic N) is 3. The molecule has 14 nitrogen and oxygen atoms in total. The zero-order valence-corrected chi connectivity index (χ0v) is 27.5. The normalized spacial score (nSPS) is 21.9. The second kappa shape index (κ2) is 14.3. The maximum absolute atomic E-state index is 13.6. The monoisotopic (exact) mass is 689 g/mol. The number of amides is 2. The molecule has 2 fully saturated rings. The number of β-lactam (4-membered cyclic amide) rings is 1. The SMILES string of the molecule is CCOC(=O)OC(C)OC(=O)C1=C(C(=S)c2nnc(C)s2)CS[C@H]2C(NC(=O)C(O)c3ccccc3C(=O)[C@@H]3CCCN3)C(=O)N12. The van der Waals surface area contributed by atoms with Gasteiger partial charge in [-0.1, -0.05) is 47.8 Å². The molecule has 0 bridgehead atoms. The number of aryl methyl sites for hydroxylation is 1. The summed E-state index contributed by atoms with van der Waals surface area (Å²) < 4.78 is 15.0. The van der Waals surface area contributed by atoms with Gasteiger partial charge in [-0.15, -0.1) is 22.0 Å². The lowest BCUT2D eigenvalue weighted by molar-refractivity contribution is -0.169. The van der Waals surface area contributed by atoms with Gasteiger partial charge in [0.15, 0.2) is 16.9 Å². The number of aliphatic hydroxyl groups is 1. The zero-order valence-electron chi connectivity index (χ0n) is 25.0. The highest BCUT2D eigenvalue weighted by atomic mass is 32.2. The van der Waals surface area contributed by atoms with E-state index in [-0.39, 0.29) is 45.4 Å². The van der Waals surface area contributed by atoms with E-state index in [0.717, 1.165) is 11.3 Å². The second-order valence-corrected chi connectivity index (χ2v) is 13.2. The number of carbonyl (C=O) groups is 5. The first kappa shape index (κ1) is 33.6. The van der Waals surface area contributed by atoms with Crippen LogP contribution in [-0.2, 0) is 28.6 Å². The van der Waals surface area contributed by atoms with Crippen molar-refractivity contribution in [3.63, 3.8) is 0 Å². The smallest absolute Gasteiger partial charge is 0.435 e. The number of carbonyl (C=O) groups excluding carboxylic acids is 5. The lowest BCUT2D eigenvalue weighted by atomic mass is 9.94. The summed E-state index contributed by atoms with van der Waals surface area (Å²) >= 11 is 8.08. The number of ketones is 1. The van der Waals surface area contributed by atoms with Gasteiger partial charge < -0.3 is 30.0 Å². The molecular weight excluding hydrogens is 659 g/mol. The van der Waals surface area contributed by atoms with Crippen molar-refractivity contribution in [1.29, 1.82) is 0 Å². The van der Waals surface area contributed by atoms with E-state index in [1.807, 2.05) is 0 Å². The molecule has 1 aromatic carbocycles. The van der Waals surface area contributed by atoms with Crippen LogP contribution in [0.3, 0.4) is 0 Å². The molecule has 5 atom stereocenters. The van der Waals surface area contributed by atoms with Crippen molar-refractivity contribution in [2.75, 3.05) is 18.9 Å². The Kier molecular flexibility index (Phi) is 10.5. The summed E-state index contributed by atoms with van der Waals surface area (Å²) in [6.45, 7) is 5.39. The fourth-order valence-corrected chi connectivity index (χ4v) is 7.69. The van der Waals surface area contributed by atoms with Crippen LogP contribution in [0.1, 0.15) is 58.7 Å². The Morgan fingerprint density at radius 2 is 1.98 bits per heavy atom. The van der Waals surface area contributed by atoms with Crippen molar-refractivity contribution in [2.45, 2.75) is 63.5 Å². The first-order valence-electron chi connectivity index (χ1n) is 14.4. The topological polar surface area (TPSA) is 186 Å². The van der Waals surface area contributed by atoms with Crippen molar-refractivity contribution < 1.29 is 43.3 Å². The van der Waals surface area contributed by atoms with Crippen molar-refractivity contribution >= 4 is 69.9 Å². The van der Waals surface area contributed by atoms with Gasteiger partial charge in [-0.2, -0.15) is 0 Å². The molecule has 244 valence electrons. The molecule has 46 heavy (non-hydrogen) atoms. The number of ether oxygens (including phenoxy) is 3. The van der Waals surface area contributed by atoms with Gasteiger partial charge in [-0.25, -0.2) is 9.59 Å². The molecular formula is C29H31N5O9S3. The number of esters is 1. The fraction of sp³-hybridized carbons (Fsp3) is 0.448. The number of nitrogens with one attached hydrogen (secondary N) is 2. The molecule has 17 heteroatoms. The van der Waals surface area contributed by atoms with E-state index in [2.05, 4.69) is 20.8 Å². The number of hydrogen-bond acceptors (Lipinski definition) is 15. The van der Waals surface area contributed by atoms with Crippen LogP contribution in [0, 0.1) is 6.92 Å². The van der Waals surface area contributed by atoms with E-state index in [0.29, 0.717) is 23.0 Å². The minimum Gasteiger partial charge on any atom is -0.435 e. The highest BCUT2D eigenvalue weighted by molar-refractivity contribution is 8.00. The van der Waals surface area contributed by atoms with Gasteiger partial charge in [-0.05, 0) is 33.2 Å². The number of hydrogen-bond donors (Lipinski definition) is 3. The Balaban J connectivity index is 1.35. The van der Waals surface area contributed by atoms with Crippen LogP contribution in [0.25, 0.3) is 0 Å². The van der Waals surface area contributed by atoms with Gasteiger partial charge in [0.05, 0.1) is 17.5 Å². The molecule has 2 amide bonds. The summed E-state index contributed by atoms with van der Waals surface area (Å²) in [4.78, 5) is 66.5. The highest BCUT2D eigenvalue weighted by Crippen LogP contribution is 2.42. The Bertz CT molecular complexity index is 1610. The summed E-state index contributed by atoms with van der Waals surface area (Å²) in [7, 11) is 0. The van der Waals surface area contributed by atoms with Crippen LogP contribution in [-0.4, -0.2) is 97.4 Å². The molecule has 0 aliphatic carbocycles. The maximum Gasteiger partial charge on any atom is 0.511 e. The van der Waals surface area contributed by atoms with Crippen LogP contribution < -0.4 is 10.6 Å². The van der Waals surface area contributed by atoms with Crippen molar-refractivity contribution in [1.82, 2.24) is 25.7 Å². The van der Waals surface area contributed by atoms with E-state index in [1.54, 1.807) is 32.0 Å². The summed E-state index contributed by atoms with van der Waals surface area (Å²) in [6, 6.07) is 4.80. The van der Waals surface area contributed by atoms with Crippen molar-refractivity contribution in [3.8, 4) is 0 Å². The van der Waals surface area contributed by atoms with Gasteiger partial charge in [0.25, 0.3) is 11.8 Å². The highest BCUT2D eigenvalue weighted by Gasteiger charge is 2.55. The fourth-order valence-electron chi connectivity index (χ4n) is 5.25. The minimum absolute atomic E-state index is 0.0486. The number of Topliss-reactive ketones (excluding diaryl/α,β-unsaturated/α-hetero) is 1. The molecule has 4 heterocycles.